The number of H-pyrrole nitrogens is 1. The minimum absolute atomic E-state index is 0.0419. The number of esters is 1. The molecule has 1 aliphatic carbocycles. The average Bonchev–Trinajstić information content (AvgIpc) is 3.21. The Morgan fingerprint density at radius 2 is 2.13 bits per heavy atom. The maximum atomic E-state index is 12.5. The van der Waals surface area contributed by atoms with Gasteiger partial charge in [-0.25, -0.2) is 27.9 Å². The van der Waals surface area contributed by atoms with Crippen LogP contribution < -0.4 is 10.0 Å². The van der Waals surface area contributed by atoms with Gasteiger partial charge in [0.15, 0.2) is 5.03 Å². The number of carbonyl (C=O) groups is 1. The predicted octanol–water partition coefficient (Wildman–Crippen LogP) is 1.93. The van der Waals surface area contributed by atoms with E-state index >= 15 is 0 Å². The lowest BCUT2D eigenvalue weighted by Crippen LogP contribution is -2.49. The number of rotatable bonds is 7. The molecule has 3 aromatic heterocycles. The third-order valence-corrected chi connectivity index (χ3v) is 6.45. The van der Waals surface area contributed by atoms with E-state index in [-0.39, 0.29) is 29.3 Å². The van der Waals surface area contributed by atoms with E-state index < -0.39 is 16.0 Å². The first-order chi connectivity index (χ1) is 14.9. The summed E-state index contributed by atoms with van der Waals surface area (Å²) in [6.45, 7) is 1.98. The van der Waals surface area contributed by atoms with Crippen LogP contribution in [0.25, 0.3) is 11.0 Å². The number of anilines is 1. The van der Waals surface area contributed by atoms with Gasteiger partial charge in [-0.2, -0.15) is 5.26 Å². The van der Waals surface area contributed by atoms with E-state index in [1.165, 1.54) is 24.5 Å². The van der Waals surface area contributed by atoms with E-state index in [0.29, 0.717) is 29.7 Å². The molecule has 3 heterocycles. The van der Waals surface area contributed by atoms with Gasteiger partial charge in [0.2, 0.25) is 0 Å². The van der Waals surface area contributed by atoms with E-state index in [4.69, 9.17) is 10.00 Å². The second kappa shape index (κ2) is 8.33. The number of nitrogens with zero attached hydrogens (tertiary/aromatic N) is 3. The first kappa shape index (κ1) is 20.8. The molecule has 0 unspecified atom stereocenters. The highest BCUT2D eigenvalue weighted by Crippen LogP contribution is 2.31. The maximum absolute atomic E-state index is 12.5. The highest BCUT2D eigenvalue weighted by Gasteiger charge is 2.34. The Morgan fingerprint density at radius 1 is 1.32 bits per heavy atom. The number of fused-ring (bicyclic) bond motifs is 1. The third-order valence-electron chi connectivity index (χ3n) is 5.03. The van der Waals surface area contributed by atoms with Crippen molar-refractivity contribution in [3.63, 3.8) is 0 Å². The zero-order chi connectivity index (χ0) is 22.0. The van der Waals surface area contributed by atoms with E-state index in [0.717, 1.165) is 5.39 Å². The van der Waals surface area contributed by atoms with Gasteiger partial charge in [-0.3, -0.25) is 0 Å². The van der Waals surface area contributed by atoms with Crippen molar-refractivity contribution in [1.29, 1.82) is 5.26 Å². The fraction of sp³-hybridized carbons (Fsp3) is 0.300. The first-order valence-electron chi connectivity index (χ1n) is 9.69. The van der Waals surface area contributed by atoms with Gasteiger partial charge < -0.3 is 15.0 Å². The van der Waals surface area contributed by atoms with Crippen LogP contribution in [0.1, 0.15) is 35.7 Å². The van der Waals surface area contributed by atoms with Gasteiger partial charge in [0.05, 0.1) is 23.9 Å². The molecule has 11 heteroatoms. The minimum atomic E-state index is -3.83. The van der Waals surface area contributed by atoms with Crippen molar-refractivity contribution < 1.29 is 17.9 Å². The van der Waals surface area contributed by atoms with Crippen molar-refractivity contribution in [2.75, 3.05) is 11.9 Å². The van der Waals surface area contributed by atoms with Crippen LogP contribution in [-0.4, -0.2) is 48.0 Å². The van der Waals surface area contributed by atoms with Crippen LogP contribution >= 0.6 is 0 Å². The van der Waals surface area contributed by atoms with Crippen LogP contribution in [0, 0.1) is 11.3 Å². The van der Waals surface area contributed by atoms with Crippen molar-refractivity contribution in [3.8, 4) is 6.07 Å². The van der Waals surface area contributed by atoms with Gasteiger partial charge in [-0.15, -0.1) is 0 Å². The number of nitriles is 1. The van der Waals surface area contributed by atoms with Crippen LogP contribution in [0.2, 0.25) is 0 Å². The molecule has 0 spiro atoms. The van der Waals surface area contributed by atoms with E-state index in [2.05, 4.69) is 25.0 Å². The second-order valence-electron chi connectivity index (χ2n) is 7.13. The smallest absolute Gasteiger partial charge is 0.341 e. The lowest BCUT2D eigenvalue weighted by Gasteiger charge is -2.37. The van der Waals surface area contributed by atoms with Gasteiger partial charge in [-0.1, -0.05) is 0 Å². The highest BCUT2D eigenvalue weighted by atomic mass is 32.2. The summed E-state index contributed by atoms with van der Waals surface area (Å²) in [6.07, 6.45) is 5.53. The topological polar surface area (TPSA) is 150 Å². The Hall–Kier alpha value is -3.49. The van der Waals surface area contributed by atoms with Crippen LogP contribution in [0.3, 0.4) is 0 Å². The molecule has 0 saturated heterocycles. The molecule has 3 N–H and O–H groups in total. The summed E-state index contributed by atoms with van der Waals surface area (Å²) >= 11 is 0. The molecule has 1 fully saturated rings. The van der Waals surface area contributed by atoms with Crippen molar-refractivity contribution in [1.82, 2.24) is 19.7 Å². The quantitative estimate of drug-likeness (QED) is 0.472. The zero-order valence-electron chi connectivity index (χ0n) is 16.6. The first-order valence-corrected chi connectivity index (χ1v) is 11.2. The number of pyridine rings is 2. The maximum Gasteiger partial charge on any atom is 0.341 e. The summed E-state index contributed by atoms with van der Waals surface area (Å²) in [5.74, 6) is -0.472. The summed E-state index contributed by atoms with van der Waals surface area (Å²) < 4.78 is 32.8. The highest BCUT2D eigenvalue weighted by molar-refractivity contribution is 7.89. The minimum Gasteiger partial charge on any atom is -0.462 e. The fourth-order valence-corrected chi connectivity index (χ4v) is 4.70. The van der Waals surface area contributed by atoms with Crippen LogP contribution in [0.5, 0.6) is 0 Å². The predicted molar refractivity (Wildman–Crippen MR) is 112 cm³/mol. The molecule has 3 aromatic rings. The molecule has 0 bridgehead atoms. The SMILES string of the molecule is CCOC(=O)c1cnc2[nH]ccc2c1N[C@H]1C[C@@H](NS(=O)(=O)c2cc(C#N)ccn2)C1. The number of ether oxygens (including phenoxy) is 1. The fourth-order valence-electron chi connectivity index (χ4n) is 3.47. The Labute approximate surface area is 178 Å². The molecule has 0 aliphatic heterocycles. The van der Waals surface area contributed by atoms with Crippen LogP contribution in [0.15, 0.2) is 41.8 Å². The van der Waals surface area contributed by atoms with E-state index in [1.54, 1.807) is 13.1 Å². The Bertz CT molecular complexity index is 1270. The van der Waals surface area contributed by atoms with Gasteiger partial charge >= 0.3 is 5.97 Å². The number of carbonyl (C=O) groups excluding carboxylic acids is 1. The van der Waals surface area contributed by atoms with Gasteiger partial charge in [-0.05, 0) is 38.0 Å². The molecule has 1 saturated carbocycles. The summed E-state index contributed by atoms with van der Waals surface area (Å²) in [6, 6.07) is 6.08. The molecule has 1 aliphatic rings. The largest absolute Gasteiger partial charge is 0.462 e. The molecule has 31 heavy (non-hydrogen) atoms. The normalized spacial score (nSPS) is 18.2. The Kier molecular flexibility index (Phi) is 5.58. The molecular formula is C20H20N6O4S. The molecule has 0 radical (unpaired) electrons. The lowest BCUT2D eigenvalue weighted by atomic mass is 9.87. The average molecular weight is 440 g/mol. The van der Waals surface area contributed by atoms with Crippen LogP contribution in [0.4, 0.5) is 5.69 Å². The summed E-state index contributed by atoms with van der Waals surface area (Å²) in [4.78, 5) is 23.5. The molecule has 0 atom stereocenters. The third kappa shape index (κ3) is 4.21. The second-order valence-corrected chi connectivity index (χ2v) is 8.79. The standard InChI is InChI=1S/C20H20N6O4S/c1-2-30-20(27)16-11-24-19-15(4-6-23-19)18(16)25-13-8-14(9-13)26-31(28,29)17-7-12(10-21)3-5-22-17/h3-7,11,13-14,26H,2,8-9H2,1H3,(H2,23,24,25)/t13-,14+. The lowest BCUT2D eigenvalue weighted by molar-refractivity contribution is 0.0527. The molecule has 0 aromatic carbocycles. The Balaban J connectivity index is 1.46. The molecule has 160 valence electrons. The number of aromatic nitrogens is 3. The number of hydrogen-bond donors (Lipinski definition) is 3. The van der Waals surface area contributed by atoms with Crippen molar-refractivity contribution in [3.05, 3.63) is 47.9 Å². The Morgan fingerprint density at radius 3 is 2.87 bits per heavy atom. The van der Waals surface area contributed by atoms with Gasteiger partial charge in [0.25, 0.3) is 10.0 Å². The number of nitrogens with one attached hydrogen (secondary N) is 3. The molecule has 4 rings (SSSR count). The molecular weight excluding hydrogens is 420 g/mol. The van der Waals surface area contributed by atoms with Crippen LogP contribution in [-0.2, 0) is 14.8 Å². The number of hydrogen-bond acceptors (Lipinski definition) is 8. The monoisotopic (exact) mass is 440 g/mol. The van der Waals surface area contributed by atoms with Crippen molar-refractivity contribution in [2.24, 2.45) is 0 Å². The zero-order valence-corrected chi connectivity index (χ0v) is 17.4. The summed E-state index contributed by atoms with van der Waals surface area (Å²) in [7, 11) is -3.83. The van der Waals surface area contributed by atoms with Crippen molar-refractivity contribution >= 4 is 32.7 Å². The van der Waals surface area contributed by atoms with E-state index in [1.807, 2.05) is 12.1 Å². The van der Waals surface area contributed by atoms with E-state index in [9.17, 15) is 13.2 Å². The van der Waals surface area contributed by atoms with Gasteiger partial charge in [0.1, 0.15) is 11.2 Å². The molecule has 10 nitrogen and oxygen atoms in total. The summed E-state index contributed by atoms with van der Waals surface area (Å²) in [5, 5.41) is 12.9. The number of aromatic amines is 1. The number of sulfonamides is 1. The summed E-state index contributed by atoms with van der Waals surface area (Å²) in [5.41, 5.74) is 1.80. The van der Waals surface area contributed by atoms with Gasteiger partial charge in [0, 0.05) is 36.1 Å². The van der Waals surface area contributed by atoms with Crippen molar-refractivity contribution in [2.45, 2.75) is 36.9 Å². The molecule has 0 amide bonds.